The summed E-state index contributed by atoms with van der Waals surface area (Å²) >= 11 is 0. The molecule has 1 aliphatic heterocycles. The van der Waals surface area contributed by atoms with Crippen LogP contribution < -0.4 is 15.4 Å². The normalized spacial score (nSPS) is 17.4. The predicted octanol–water partition coefficient (Wildman–Crippen LogP) is 1.82. The molecular formula is C14H21ClN2O3. The van der Waals surface area contributed by atoms with E-state index in [0.717, 1.165) is 37.4 Å². The van der Waals surface area contributed by atoms with Gasteiger partial charge >= 0.3 is 0 Å². The molecule has 1 aliphatic rings. The first-order valence-electron chi connectivity index (χ1n) is 6.54. The Morgan fingerprint density at radius 2 is 2.15 bits per heavy atom. The number of hydrogen-bond acceptors (Lipinski definition) is 4. The number of halogens is 1. The van der Waals surface area contributed by atoms with Crippen LogP contribution in [0.1, 0.15) is 12.8 Å². The van der Waals surface area contributed by atoms with Gasteiger partial charge in [-0.1, -0.05) is 0 Å². The minimum absolute atomic E-state index is 0. The van der Waals surface area contributed by atoms with Crippen molar-refractivity contribution in [2.75, 3.05) is 32.1 Å². The molecule has 0 saturated carbocycles. The van der Waals surface area contributed by atoms with Gasteiger partial charge in [0.2, 0.25) is 5.91 Å². The molecule has 112 valence electrons. The number of methoxy groups -OCH3 is 1. The predicted molar refractivity (Wildman–Crippen MR) is 80.7 cm³/mol. The van der Waals surface area contributed by atoms with Crippen molar-refractivity contribution in [1.29, 1.82) is 0 Å². The van der Waals surface area contributed by atoms with Crippen molar-refractivity contribution >= 4 is 24.0 Å². The van der Waals surface area contributed by atoms with Crippen LogP contribution in [0.25, 0.3) is 0 Å². The lowest BCUT2D eigenvalue weighted by Crippen LogP contribution is -2.33. The van der Waals surface area contributed by atoms with E-state index in [2.05, 4.69) is 10.6 Å². The molecule has 1 aromatic carbocycles. The molecular weight excluding hydrogens is 280 g/mol. The minimum atomic E-state index is -0.0526. The first-order chi connectivity index (χ1) is 9.28. The van der Waals surface area contributed by atoms with Gasteiger partial charge in [0, 0.05) is 18.8 Å². The molecule has 1 saturated heterocycles. The molecule has 0 aromatic heterocycles. The van der Waals surface area contributed by atoms with Gasteiger partial charge in [0.25, 0.3) is 0 Å². The van der Waals surface area contributed by atoms with Crippen LogP contribution in [0.3, 0.4) is 0 Å². The van der Waals surface area contributed by atoms with E-state index in [1.54, 1.807) is 7.11 Å². The van der Waals surface area contributed by atoms with Crippen LogP contribution in [0.2, 0.25) is 0 Å². The quantitative estimate of drug-likeness (QED) is 0.841. The maximum atomic E-state index is 11.7. The Balaban J connectivity index is 0.00000200. The zero-order valence-corrected chi connectivity index (χ0v) is 12.4. The molecule has 2 rings (SSSR count). The van der Waals surface area contributed by atoms with Gasteiger partial charge in [0.05, 0.1) is 19.8 Å². The van der Waals surface area contributed by atoms with E-state index in [4.69, 9.17) is 9.47 Å². The van der Waals surface area contributed by atoms with Gasteiger partial charge in [-0.15, -0.1) is 12.4 Å². The summed E-state index contributed by atoms with van der Waals surface area (Å²) in [4.78, 5) is 11.7. The Bertz CT molecular complexity index is 405. The lowest BCUT2D eigenvalue weighted by Gasteiger charge is -2.11. The summed E-state index contributed by atoms with van der Waals surface area (Å²) in [6, 6.07) is 7.26. The lowest BCUT2D eigenvalue weighted by molar-refractivity contribution is -0.115. The van der Waals surface area contributed by atoms with E-state index in [1.807, 2.05) is 24.3 Å². The molecule has 1 aromatic rings. The highest BCUT2D eigenvalue weighted by Gasteiger charge is 2.15. The van der Waals surface area contributed by atoms with Crippen LogP contribution in [-0.4, -0.2) is 38.8 Å². The van der Waals surface area contributed by atoms with Crippen molar-refractivity contribution in [2.24, 2.45) is 0 Å². The molecule has 0 spiro atoms. The number of carbonyl (C=O) groups is 1. The highest BCUT2D eigenvalue weighted by Crippen LogP contribution is 2.14. The van der Waals surface area contributed by atoms with Crippen molar-refractivity contribution in [1.82, 2.24) is 5.32 Å². The van der Waals surface area contributed by atoms with E-state index >= 15 is 0 Å². The van der Waals surface area contributed by atoms with Crippen molar-refractivity contribution in [2.45, 2.75) is 18.9 Å². The molecule has 1 amide bonds. The summed E-state index contributed by atoms with van der Waals surface area (Å²) in [6.45, 7) is 1.87. The molecule has 0 bridgehead atoms. The smallest absolute Gasteiger partial charge is 0.238 e. The van der Waals surface area contributed by atoms with Gasteiger partial charge in [-0.3, -0.25) is 4.79 Å². The summed E-state index contributed by atoms with van der Waals surface area (Å²) in [5.74, 6) is 0.720. The Morgan fingerprint density at radius 3 is 2.75 bits per heavy atom. The second-order valence-corrected chi connectivity index (χ2v) is 4.54. The summed E-state index contributed by atoms with van der Waals surface area (Å²) < 4.78 is 10.5. The van der Waals surface area contributed by atoms with Gasteiger partial charge in [-0.25, -0.2) is 0 Å². The Morgan fingerprint density at radius 1 is 1.40 bits per heavy atom. The number of anilines is 1. The zero-order chi connectivity index (χ0) is 13.5. The largest absolute Gasteiger partial charge is 0.497 e. The molecule has 1 atom stereocenters. The number of rotatable bonds is 6. The monoisotopic (exact) mass is 300 g/mol. The van der Waals surface area contributed by atoms with Crippen LogP contribution in [0.5, 0.6) is 5.75 Å². The maximum Gasteiger partial charge on any atom is 0.238 e. The molecule has 1 fully saturated rings. The first-order valence-corrected chi connectivity index (χ1v) is 6.54. The summed E-state index contributed by atoms with van der Waals surface area (Å²) in [5, 5.41) is 5.93. The van der Waals surface area contributed by atoms with E-state index in [0.29, 0.717) is 6.54 Å². The number of nitrogens with one attached hydrogen (secondary N) is 2. The minimum Gasteiger partial charge on any atom is -0.497 e. The van der Waals surface area contributed by atoms with Crippen LogP contribution in [0.4, 0.5) is 5.69 Å². The fourth-order valence-corrected chi connectivity index (χ4v) is 2.03. The third-order valence-corrected chi connectivity index (χ3v) is 3.06. The number of ether oxygens (including phenoxy) is 2. The topological polar surface area (TPSA) is 59.6 Å². The first kappa shape index (κ1) is 16.8. The van der Waals surface area contributed by atoms with Crippen LogP contribution >= 0.6 is 12.4 Å². The highest BCUT2D eigenvalue weighted by atomic mass is 35.5. The number of hydrogen-bond donors (Lipinski definition) is 2. The van der Waals surface area contributed by atoms with Crippen molar-refractivity contribution in [3.63, 3.8) is 0 Å². The second kappa shape index (κ2) is 8.79. The molecule has 6 heteroatoms. The molecule has 2 N–H and O–H groups in total. The Hall–Kier alpha value is -1.30. The average molecular weight is 301 g/mol. The van der Waals surface area contributed by atoms with Gasteiger partial charge < -0.3 is 20.1 Å². The van der Waals surface area contributed by atoms with Gasteiger partial charge in [0.15, 0.2) is 0 Å². The van der Waals surface area contributed by atoms with E-state index in [1.165, 1.54) is 0 Å². The summed E-state index contributed by atoms with van der Waals surface area (Å²) in [6.07, 6.45) is 2.45. The summed E-state index contributed by atoms with van der Waals surface area (Å²) in [7, 11) is 1.61. The lowest BCUT2D eigenvalue weighted by atomic mass is 10.2. The number of carbonyl (C=O) groups excluding carboxylic acids is 1. The Labute approximate surface area is 125 Å². The van der Waals surface area contributed by atoms with Crippen LogP contribution in [0.15, 0.2) is 24.3 Å². The number of benzene rings is 1. The van der Waals surface area contributed by atoms with Crippen LogP contribution in [0, 0.1) is 0 Å². The third kappa shape index (κ3) is 5.36. The van der Waals surface area contributed by atoms with E-state index in [-0.39, 0.29) is 24.4 Å². The average Bonchev–Trinajstić information content (AvgIpc) is 2.93. The van der Waals surface area contributed by atoms with Gasteiger partial charge in [0.1, 0.15) is 5.75 Å². The van der Waals surface area contributed by atoms with E-state index < -0.39 is 0 Å². The summed E-state index contributed by atoms with van der Waals surface area (Å²) in [5.41, 5.74) is 0.768. The molecule has 1 heterocycles. The standard InChI is InChI=1S/C14H20N2O3.ClH/c1-18-12-6-4-11(5-7-12)16-14(17)10-15-9-13-3-2-8-19-13;/h4-7,13,15H,2-3,8-10H2,1H3,(H,16,17);1H. The molecule has 0 aliphatic carbocycles. The van der Waals surface area contributed by atoms with Gasteiger partial charge in [-0.05, 0) is 37.1 Å². The van der Waals surface area contributed by atoms with Crippen LogP contribution in [-0.2, 0) is 9.53 Å². The Kier molecular flexibility index (Phi) is 7.36. The van der Waals surface area contributed by atoms with E-state index in [9.17, 15) is 4.79 Å². The third-order valence-electron chi connectivity index (χ3n) is 3.06. The fourth-order valence-electron chi connectivity index (χ4n) is 2.03. The number of amides is 1. The molecule has 1 unspecified atom stereocenters. The SMILES string of the molecule is COc1ccc(NC(=O)CNCC2CCCO2)cc1.Cl. The fraction of sp³-hybridized carbons (Fsp3) is 0.500. The highest BCUT2D eigenvalue weighted by molar-refractivity contribution is 5.92. The molecule has 0 radical (unpaired) electrons. The molecule has 20 heavy (non-hydrogen) atoms. The van der Waals surface area contributed by atoms with Crippen molar-refractivity contribution < 1.29 is 14.3 Å². The van der Waals surface area contributed by atoms with Crippen molar-refractivity contribution in [3.8, 4) is 5.75 Å². The second-order valence-electron chi connectivity index (χ2n) is 4.54. The zero-order valence-electron chi connectivity index (χ0n) is 11.6. The van der Waals surface area contributed by atoms with Gasteiger partial charge in [-0.2, -0.15) is 0 Å². The van der Waals surface area contributed by atoms with Crippen molar-refractivity contribution in [3.05, 3.63) is 24.3 Å². The molecule has 5 nitrogen and oxygen atoms in total. The maximum absolute atomic E-state index is 11.7.